The van der Waals surface area contributed by atoms with Gasteiger partial charge in [0.2, 0.25) is 5.91 Å². The number of carbonyl (C=O) groups is 1. The molecule has 3 nitrogen and oxygen atoms in total. The number of hydrogen-bond acceptors (Lipinski definition) is 2. The summed E-state index contributed by atoms with van der Waals surface area (Å²) in [6.45, 7) is 0.478. The van der Waals surface area contributed by atoms with E-state index in [9.17, 15) is 18.0 Å². The van der Waals surface area contributed by atoms with Crippen LogP contribution in [0.3, 0.4) is 0 Å². The number of nitrogens with one attached hydrogen (secondary N) is 2. The molecule has 2 rings (SSSR count). The topological polar surface area (TPSA) is 41.1 Å². The van der Waals surface area contributed by atoms with Gasteiger partial charge in [0.05, 0.1) is 5.56 Å². The lowest BCUT2D eigenvalue weighted by Crippen LogP contribution is -2.41. The molecule has 19 heavy (non-hydrogen) atoms. The van der Waals surface area contributed by atoms with Crippen LogP contribution in [0.5, 0.6) is 0 Å². The molecule has 1 unspecified atom stereocenters. The molecule has 0 aliphatic carbocycles. The van der Waals surface area contributed by atoms with E-state index < -0.39 is 11.7 Å². The number of alkyl halides is 3. The third-order valence-electron chi connectivity index (χ3n) is 2.92. The summed E-state index contributed by atoms with van der Waals surface area (Å²) in [5.41, 5.74) is -0.101. The van der Waals surface area contributed by atoms with Crippen molar-refractivity contribution in [2.24, 2.45) is 0 Å². The van der Waals surface area contributed by atoms with Crippen molar-refractivity contribution in [2.45, 2.75) is 25.1 Å². The number of halogens is 4. The quantitative estimate of drug-likeness (QED) is 0.871. The highest BCUT2D eigenvalue weighted by molar-refractivity contribution is 9.10. The molecule has 1 aromatic rings. The van der Waals surface area contributed by atoms with Crippen molar-refractivity contribution in [2.75, 3.05) is 11.9 Å². The summed E-state index contributed by atoms with van der Waals surface area (Å²) >= 11 is 3.13. The Bertz CT molecular complexity index is 480. The minimum atomic E-state index is -4.35. The van der Waals surface area contributed by atoms with Crippen molar-refractivity contribution in [1.29, 1.82) is 0 Å². The molecule has 0 saturated carbocycles. The second kappa shape index (κ2) is 5.40. The van der Waals surface area contributed by atoms with E-state index in [1.165, 1.54) is 6.07 Å². The number of piperidine rings is 1. The van der Waals surface area contributed by atoms with E-state index in [1.807, 2.05) is 0 Å². The van der Waals surface area contributed by atoms with Crippen LogP contribution in [0.1, 0.15) is 18.4 Å². The predicted molar refractivity (Wildman–Crippen MR) is 68.8 cm³/mol. The van der Waals surface area contributed by atoms with Crippen LogP contribution in [0.25, 0.3) is 0 Å². The molecule has 1 amide bonds. The van der Waals surface area contributed by atoms with E-state index in [1.54, 1.807) is 0 Å². The van der Waals surface area contributed by atoms with Crippen molar-refractivity contribution in [3.63, 3.8) is 0 Å². The Morgan fingerprint density at radius 3 is 2.63 bits per heavy atom. The van der Waals surface area contributed by atoms with E-state index in [0.29, 0.717) is 29.5 Å². The van der Waals surface area contributed by atoms with Crippen LogP contribution >= 0.6 is 15.9 Å². The minimum absolute atomic E-state index is 0.00420. The Labute approximate surface area is 116 Å². The van der Waals surface area contributed by atoms with Gasteiger partial charge >= 0.3 is 6.18 Å². The maximum absolute atomic E-state index is 12.5. The lowest BCUT2D eigenvalue weighted by atomic mass is 10.1. The summed E-state index contributed by atoms with van der Waals surface area (Å²) in [5.74, 6) is 0.00420. The van der Waals surface area contributed by atoms with E-state index in [2.05, 4.69) is 26.6 Å². The number of anilines is 1. The molecule has 1 heterocycles. The average Bonchev–Trinajstić information content (AvgIpc) is 2.33. The van der Waals surface area contributed by atoms with E-state index in [-0.39, 0.29) is 11.9 Å². The van der Waals surface area contributed by atoms with Gasteiger partial charge in [0, 0.05) is 29.2 Å². The summed E-state index contributed by atoms with van der Waals surface area (Å²) in [6, 6.07) is 3.51. The van der Waals surface area contributed by atoms with Gasteiger partial charge in [0.25, 0.3) is 0 Å². The minimum Gasteiger partial charge on any atom is -0.380 e. The number of hydrogen-bond donors (Lipinski definition) is 2. The zero-order chi connectivity index (χ0) is 14.0. The normalized spacial score (nSPS) is 20.0. The van der Waals surface area contributed by atoms with Gasteiger partial charge in [-0.3, -0.25) is 4.79 Å². The Morgan fingerprint density at radius 1 is 1.37 bits per heavy atom. The van der Waals surface area contributed by atoms with Crippen LogP contribution in [0, 0.1) is 0 Å². The lowest BCUT2D eigenvalue weighted by molar-refractivity contribution is -0.137. The zero-order valence-electron chi connectivity index (χ0n) is 9.85. The second-order valence-corrected chi connectivity index (χ2v) is 5.23. The maximum Gasteiger partial charge on any atom is 0.416 e. The highest BCUT2D eigenvalue weighted by atomic mass is 79.9. The molecule has 0 aromatic heterocycles. The molecule has 1 aromatic carbocycles. The number of benzene rings is 1. The molecule has 7 heteroatoms. The molecule has 1 fully saturated rings. The molecule has 0 bridgehead atoms. The Hall–Kier alpha value is -1.24. The highest BCUT2D eigenvalue weighted by Crippen LogP contribution is 2.34. The summed E-state index contributed by atoms with van der Waals surface area (Å²) < 4.78 is 37.9. The molecule has 1 aliphatic heterocycles. The summed E-state index contributed by atoms with van der Waals surface area (Å²) in [7, 11) is 0. The summed E-state index contributed by atoms with van der Waals surface area (Å²) in [6.07, 6.45) is -3.25. The van der Waals surface area contributed by atoms with E-state index >= 15 is 0 Å². The third kappa shape index (κ3) is 3.62. The van der Waals surface area contributed by atoms with Gasteiger partial charge in [-0.25, -0.2) is 0 Å². The van der Waals surface area contributed by atoms with E-state index in [0.717, 1.165) is 12.1 Å². The second-order valence-electron chi connectivity index (χ2n) is 4.38. The van der Waals surface area contributed by atoms with Gasteiger partial charge in [-0.05, 0) is 40.5 Å². The predicted octanol–water partition coefficient (Wildman–Crippen LogP) is 3.16. The highest BCUT2D eigenvalue weighted by Gasteiger charge is 2.31. The molecule has 1 atom stereocenters. The lowest BCUT2D eigenvalue weighted by Gasteiger charge is -2.25. The van der Waals surface area contributed by atoms with Crippen LogP contribution in [-0.4, -0.2) is 18.5 Å². The summed E-state index contributed by atoms with van der Waals surface area (Å²) in [4.78, 5) is 11.0. The molecule has 2 N–H and O–H groups in total. The van der Waals surface area contributed by atoms with Crippen molar-refractivity contribution in [3.05, 3.63) is 28.2 Å². The van der Waals surface area contributed by atoms with Crippen LogP contribution in [0.15, 0.2) is 22.7 Å². The van der Waals surface area contributed by atoms with Gasteiger partial charge in [0.1, 0.15) is 0 Å². The maximum atomic E-state index is 12.5. The fourth-order valence-electron chi connectivity index (χ4n) is 1.88. The Morgan fingerprint density at radius 2 is 2.11 bits per heavy atom. The fourth-order valence-corrected chi connectivity index (χ4v) is 2.38. The molecule has 1 saturated heterocycles. The van der Waals surface area contributed by atoms with Crippen molar-refractivity contribution < 1.29 is 18.0 Å². The Balaban J connectivity index is 2.07. The first kappa shape index (κ1) is 14.2. The van der Waals surface area contributed by atoms with Gasteiger partial charge in [-0.1, -0.05) is 0 Å². The largest absolute Gasteiger partial charge is 0.416 e. The van der Waals surface area contributed by atoms with Crippen molar-refractivity contribution >= 4 is 27.5 Å². The van der Waals surface area contributed by atoms with Crippen molar-refractivity contribution in [1.82, 2.24) is 5.32 Å². The van der Waals surface area contributed by atoms with Gasteiger partial charge in [0.15, 0.2) is 0 Å². The van der Waals surface area contributed by atoms with Gasteiger partial charge in [-0.15, -0.1) is 0 Å². The molecular formula is C12H12BrF3N2O. The van der Waals surface area contributed by atoms with Crippen LogP contribution in [-0.2, 0) is 11.0 Å². The van der Waals surface area contributed by atoms with Gasteiger partial charge < -0.3 is 10.6 Å². The average molecular weight is 337 g/mol. The first-order valence-corrected chi connectivity index (χ1v) is 6.55. The first-order valence-electron chi connectivity index (χ1n) is 5.76. The SMILES string of the molecule is O=C1CCC(Nc2ccc(C(F)(F)F)cc2Br)CN1. The number of rotatable bonds is 2. The Kier molecular flexibility index (Phi) is 4.03. The molecule has 104 valence electrons. The first-order chi connectivity index (χ1) is 8.86. The molecule has 1 aliphatic rings. The van der Waals surface area contributed by atoms with E-state index in [4.69, 9.17) is 0 Å². The molecular weight excluding hydrogens is 325 g/mol. The third-order valence-corrected chi connectivity index (χ3v) is 3.58. The van der Waals surface area contributed by atoms with Gasteiger partial charge in [-0.2, -0.15) is 13.2 Å². The summed E-state index contributed by atoms with van der Waals surface area (Å²) in [5, 5.41) is 5.83. The smallest absolute Gasteiger partial charge is 0.380 e. The monoisotopic (exact) mass is 336 g/mol. The number of amides is 1. The molecule has 0 radical (unpaired) electrons. The zero-order valence-corrected chi connectivity index (χ0v) is 11.4. The molecule has 0 spiro atoms. The van der Waals surface area contributed by atoms with Crippen LogP contribution in [0.2, 0.25) is 0 Å². The van der Waals surface area contributed by atoms with Crippen LogP contribution in [0.4, 0.5) is 18.9 Å². The van der Waals surface area contributed by atoms with Crippen molar-refractivity contribution in [3.8, 4) is 0 Å². The fraction of sp³-hybridized carbons (Fsp3) is 0.417. The standard InChI is InChI=1S/C12H12BrF3N2O/c13-9-5-7(12(14,15)16)1-3-10(9)18-8-2-4-11(19)17-6-8/h1,3,5,8,18H,2,4,6H2,(H,17,19). The number of carbonyl (C=O) groups excluding carboxylic acids is 1. The van der Waals surface area contributed by atoms with Crippen LogP contribution < -0.4 is 10.6 Å².